The third-order valence-corrected chi connectivity index (χ3v) is 3.05. The molecule has 0 amide bonds. The van der Waals surface area contributed by atoms with E-state index in [4.69, 9.17) is 9.47 Å². The third kappa shape index (κ3) is 2.38. The van der Waals surface area contributed by atoms with Crippen LogP contribution in [0.5, 0.6) is 5.75 Å². The second-order valence-electron chi connectivity index (χ2n) is 4.17. The van der Waals surface area contributed by atoms with Crippen molar-refractivity contribution in [3.05, 3.63) is 27.8 Å². The monoisotopic (exact) mass is 252 g/mol. The van der Waals surface area contributed by atoms with E-state index in [0.29, 0.717) is 24.5 Å². The van der Waals surface area contributed by atoms with Gasteiger partial charge in [-0.25, -0.2) is 0 Å². The van der Waals surface area contributed by atoms with Gasteiger partial charge in [-0.1, -0.05) is 0 Å². The van der Waals surface area contributed by atoms with Gasteiger partial charge in [-0.05, 0) is 13.0 Å². The van der Waals surface area contributed by atoms with Crippen LogP contribution in [0.2, 0.25) is 0 Å². The standard InChI is InChI=1S/C12H16N2O4/c1-9-7-11(13-3-5-18-6-4-13)12(17-2)8-10(9)14(15)16/h7-8H,3-6H2,1-2H3. The smallest absolute Gasteiger partial charge is 0.276 e. The lowest BCUT2D eigenvalue weighted by atomic mass is 10.1. The molecule has 0 aliphatic carbocycles. The highest BCUT2D eigenvalue weighted by Gasteiger charge is 2.20. The molecule has 0 saturated carbocycles. The Bertz CT molecular complexity index is 456. The number of hydrogen-bond donors (Lipinski definition) is 0. The van der Waals surface area contributed by atoms with E-state index in [9.17, 15) is 10.1 Å². The molecule has 1 saturated heterocycles. The summed E-state index contributed by atoms with van der Waals surface area (Å²) in [6.07, 6.45) is 0. The van der Waals surface area contributed by atoms with Crippen LogP contribution in [-0.2, 0) is 4.74 Å². The zero-order valence-electron chi connectivity index (χ0n) is 10.5. The van der Waals surface area contributed by atoms with Crippen molar-refractivity contribution in [2.45, 2.75) is 6.92 Å². The third-order valence-electron chi connectivity index (χ3n) is 3.05. The number of nitro benzene ring substituents is 1. The molecule has 1 aliphatic heterocycles. The molecular weight excluding hydrogens is 236 g/mol. The van der Waals surface area contributed by atoms with Crippen LogP contribution >= 0.6 is 0 Å². The average Bonchev–Trinajstić information content (AvgIpc) is 2.39. The molecule has 6 nitrogen and oxygen atoms in total. The number of benzene rings is 1. The van der Waals surface area contributed by atoms with Gasteiger partial charge < -0.3 is 14.4 Å². The molecule has 6 heteroatoms. The van der Waals surface area contributed by atoms with Gasteiger partial charge in [0.25, 0.3) is 5.69 Å². The highest BCUT2D eigenvalue weighted by Crippen LogP contribution is 2.35. The van der Waals surface area contributed by atoms with E-state index in [1.807, 2.05) is 6.07 Å². The maximum Gasteiger partial charge on any atom is 0.276 e. The van der Waals surface area contributed by atoms with Gasteiger partial charge in [0, 0.05) is 18.7 Å². The molecule has 1 aliphatic rings. The zero-order chi connectivity index (χ0) is 13.1. The Hall–Kier alpha value is -1.82. The molecule has 1 aromatic rings. The largest absolute Gasteiger partial charge is 0.494 e. The normalized spacial score (nSPS) is 15.6. The number of nitrogens with zero attached hydrogens (tertiary/aromatic N) is 2. The number of rotatable bonds is 3. The first-order valence-electron chi connectivity index (χ1n) is 5.79. The Morgan fingerprint density at radius 2 is 2.06 bits per heavy atom. The fraction of sp³-hybridized carbons (Fsp3) is 0.500. The Kier molecular flexibility index (Phi) is 3.66. The lowest BCUT2D eigenvalue weighted by Gasteiger charge is -2.30. The number of anilines is 1. The summed E-state index contributed by atoms with van der Waals surface area (Å²) in [4.78, 5) is 12.6. The van der Waals surface area contributed by atoms with Crippen LogP contribution in [-0.4, -0.2) is 38.3 Å². The van der Waals surface area contributed by atoms with Gasteiger partial charge in [0.05, 0.1) is 37.0 Å². The van der Waals surface area contributed by atoms with Gasteiger partial charge in [0.15, 0.2) is 0 Å². The van der Waals surface area contributed by atoms with E-state index < -0.39 is 0 Å². The van der Waals surface area contributed by atoms with Crippen LogP contribution in [0.3, 0.4) is 0 Å². The molecule has 0 spiro atoms. The molecule has 0 atom stereocenters. The van der Waals surface area contributed by atoms with Crippen LogP contribution in [0, 0.1) is 17.0 Å². The van der Waals surface area contributed by atoms with Gasteiger partial charge >= 0.3 is 0 Å². The summed E-state index contributed by atoms with van der Waals surface area (Å²) in [5.74, 6) is 0.536. The van der Waals surface area contributed by atoms with E-state index in [-0.39, 0.29) is 10.6 Å². The van der Waals surface area contributed by atoms with Crippen molar-refractivity contribution < 1.29 is 14.4 Å². The molecule has 0 aromatic heterocycles. The van der Waals surface area contributed by atoms with Crippen LogP contribution in [0.25, 0.3) is 0 Å². The highest BCUT2D eigenvalue weighted by atomic mass is 16.6. The Labute approximate surface area is 105 Å². The fourth-order valence-electron chi connectivity index (χ4n) is 2.07. The van der Waals surface area contributed by atoms with Gasteiger partial charge in [0.1, 0.15) is 5.75 Å². The Morgan fingerprint density at radius 3 is 2.61 bits per heavy atom. The molecule has 0 bridgehead atoms. The number of aryl methyl sites for hydroxylation is 1. The summed E-state index contributed by atoms with van der Waals surface area (Å²) in [6, 6.07) is 3.29. The molecular formula is C12H16N2O4. The maximum atomic E-state index is 10.9. The predicted molar refractivity (Wildman–Crippen MR) is 67.4 cm³/mol. The first-order valence-corrected chi connectivity index (χ1v) is 5.79. The van der Waals surface area contributed by atoms with E-state index in [0.717, 1.165) is 18.8 Å². The quantitative estimate of drug-likeness (QED) is 0.605. The maximum absolute atomic E-state index is 10.9. The summed E-state index contributed by atoms with van der Waals surface area (Å²) in [7, 11) is 1.53. The van der Waals surface area contributed by atoms with Crippen LogP contribution < -0.4 is 9.64 Å². The van der Waals surface area contributed by atoms with E-state index in [1.54, 1.807) is 6.92 Å². The van der Waals surface area contributed by atoms with Crippen molar-refractivity contribution in [2.75, 3.05) is 38.3 Å². The lowest BCUT2D eigenvalue weighted by molar-refractivity contribution is -0.385. The molecule has 1 aromatic carbocycles. The second-order valence-corrected chi connectivity index (χ2v) is 4.17. The summed E-state index contributed by atoms with van der Waals surface area (Å²) in [5, 5.41) is 10.9. The first kappa shape index (κ1) is 12.6. The molecule has 98 valence electrons. The van der Waals surface area contributed by atoms with Crippen molar-refractivity contribution in [1.29, 1.82) is 0 Å². The van der Waals surface area contributed by atoms with Crippen molar-refractivity contribution in [1.82, 2.24) is 0 Å². The van der Waals surface area contributed by atoms with Crippen molar-refractivity contribution >= 4 is 11.4 Å². The number of morpholine rings is 1. The SMILES string of the molecule is COc1cc([N+](=O)[O-])c(C)cc1N1CCOCC1. The topological polar surface area (TPSA) is 64.8 Å². The molecule has 18 heavy (non-hydrogen) atoms. The van der Waals surface area contributed by atoms with Gasteiger partial charge in [0.2, 0.25) is 0 Å². The molecule has 1 fully saturated rings. The lowest BCUT2D eigenvalue weighted by Crippen LogP contribution is -2.36. The number of nitro groups is 1. The Balaban J connectivity index is 2.40. The van der Waals surface area contributed by atoms with E-state index in [1.165, 1.54) is 13.2 Å². The summed E-state index contributed by atoms with van der Waals surface area (Å²) in [6.45, 7) is 4.61. The van der Waals surface area contributed by atoms with Crippen molar-refractivity contribution in [3.8, 4) is 5.75 Å². The Morgan fingerprint density at radius 1 is 1.39 bits per heavy atom. The zero-order valence-corrected chi connectivity index (χ0v) is 10.5. The van der Waals surface area contributed by atoms with Crippen molar-refractivity contribution in [3.63, 3.8) is 0 Å². The number of methoxy groups -OCH3 is 1. The minimum atomic E-state index is -0.388. The molecule has 2 rings (SSSR count). The molecule has 0 unspecified atom stereocenters. The van der Waals surface area contributed by atoms with Crippen LogP contribution in [0.1, 0.15) is 5.56 Å². The fourth-order valence-corrected chi connectivity index (χ4v) is 2.07. The van der Waals surface area contributed by atoms with E-state index >= 15 is 0 Å². The van der Waals surface area contributed by atoms with Gasteiger partial charge in [-0.15, -0.1) is 0 Å². The predicted octanol–water partition coefficient (Wildman–Crippen LogP) is 1.75. The second kappa shape index (κ2) is 5.22. The van der Waals surface area contributed by atoms with Gasteiger partial charge in [-0.2, -0.15) is 0 Å². The summed E-state index contributed by atoms with van der Waals surface area (Å²) < 4.78 is 10.6. The van der Waals surface area contributed by atoms with E-state index in [2.05, 4.69) is 4.90 Å². The number of ether oxygens (including phenoxy) is 2. The summed E-state index contributed by atoms with van der Waals surface area (Å²) in [5.41, 5.74) is 1.62. The molecule has 0 N–H and O–H groups in total. The minimum absolute atomic E-state index is 0.0869. The van der Waals surface area contributed by atoms with Crippen LogP contribution in [0.15, 0.2) is 12.1 Å². The molecule has 1 heterocycles. The minimum Gasteiger partial charge on any atom is -0.494 e. The van der Waals surface area contributed by atoms with Crippen molar-refractivity contribution in [2.24, 2.45) is 0 Å². The first-order chi connectivity index (χ1) is 8.63. The summed E-state index contributed by atoms with van der Waals surface area (Å²) >= 11 is 0. The van der Waals surface area contributed by atoms with Crippen LogP contribution in [0.4, 0.5) is 11.4 Å². The highest BCUT2D eigenvalue weighted by molar-refractivity contribution is 5.65. The average molecular weight is 252 g/mol. The number of hydrogen-bond acceptors (Lipinski definition) is 5. The van der Waals surface area contributed by atoms with Gasteiger partial charge in [-0.3, -0.25) is 10.1 Å². The molecule has 0 radical (unpaired) electrons.